The van der Waals surface area contributed by atoms with Crippen molar-refractivity contribution in [2.45, 2.75) is 19.4 Å². The Balaban J connectivity index is 1.38. The molecule has 3 aromatic rings. The molecule has 1 aliphatic heterocycles. The van der Waals surface area contributed by atoms with Crippen LogP contribution in [0, 0.1) is 0 Å². The van der Waals surface area contributed by atoms with Crippen LogP contribution in [0.3, 0.4) is 0 Å². The van der Waals surface area contributed by atoms with Crippen molar-refractivity contribution in [3.8, 4) is 0 Å². The minimum Gasteiger partial charge on any atom is -0.369 e. The maximum absolute atomic E-state index is 13.0. The second-order valence-electron chi connectivity index (χ2n) is 8.15. The summed E-state index contributed by atoms with van der Waals surface area (Å²) < 4.78 is 0. The Morgan fingerprint density at radius 2 is 1.83 bits per heavy atom. The van der Waals surface area contributed by atoms with Gasteiger partial charge in [-0.3, -0.25) is 19.5 Å². The number of hydrogen-bond acceptors (Lipinski definition) is 5. The van der Waals surface area contributed by atoms with Gasteiger partial charge in [0, 0.05) is 30.5 Å². The van der Waals surface area contributed by atoms with Gasteiger partial charge in [-0.15, -0.1) is 0 Å². The van der Waals surface area contributed by atoms with Gasteiger partial charge in [0.2, 0.25) is 5.91 Å². The van der Waals surface area contributed by atoms with Gasteiger partial charge in [-0.1, -0.05) is 41.4 Å². The van der Waals surface area contributed by atoms with Crippen LogP contribution < -0.4 is 20.9 Å². The molecule has 2 heterocycles. The van der Waals surface area contributed by atoms with Crippen LogP contribution in [0.2, 0.25) is 10.0 Å². The lowest BCUT2D eigenvalue weighted by Crippen LogP contribution is -2.37. The maximum Gasteiger partial charge on any atom is 0.271 e. The molecule has 1 aliphatic rings. The lowest BCUT2D eigenvalue weighted by atomic mass is 10.2. The number of amides is 3. The summed E-state index contributed by atoms with van der Waals surface area (Å²) in [4.78, 5) is 39.6. The summed E-state index contributed by atoms with van der Waals surface area (Å²) in [7, 11) is 0. The summed E-state index contributed by atoms with van der Waals surface area (Å²) >= 11 is 12.2. The first-order valence-corrected chi connectivity index (χ1v) is 12.0. The molecule has 1 aromatic heterocycles. The predicted octanol–water partition coefficient (Wildman–Crippen LogP) is 4.49. The standard InChI is InChI=1S/C25H24Cl2N6O3/c1-2-5-21(34)29-15-6-3-7-17(12-15)33-11-10-16(14-33)30-25(36)23-20(13-28-32-23)31-24(35)22-18(26)8-4-9-19(22)27/h2-9,12-13,16H,10-11,14H2,1H3,(H,28,32)(H,29,34)(H,30,36)(H,31,35)/b5-2+/t16-/m1/s1. The van der Waals surface area contributed by atoms with Crippen LogP contribution >= 0.6 is 23.2 Å². The third-order valence-corrected chi connectivity index (χ3v) is 6.25. The molecule has 1 fully saturated rings. The molecule has 11 heteroatoms. The first-order chi connectivity index (χ1) is 17.4. The van der Waals surface area contributed by atoms with Crippen molar-refractivity contribution in [1.29, 1.82) is 0 Å². The molecule has 4 rings (SSSR count). The van der Waals surface area contributed by atoms with Gasteiger partial charge in [0.25, 0.3) is 11.8 Å². The molecule has 0 aliphatic carbocycles. The lowest BCUT2D eigenvalue weighted by molar-refractivity contribution is -0.111. The molecule has 0 bridgehead atoms. The van der Waals surface area contributed by atoms with Crippen LogP contribution in [0.1, 0.15) is 34.2 Å². The van der Waals surface area contributed by atoms with E-state index in [1.807, 2.05) is 24.3 Å². The van der Waals surface area contributed by atoms with Crippen LogP contribution in [0.5, 0.6) is 0 Å². The molecule has 1 atom stereocenters. The van der Waals surface area contributed by atoms with E-state index >= 15 is 0 Å². The Morgan fingerprint density at radius 1 is 1.08 bits per heavy atom. The Labute approximate surface area is 217 Å². The average molecular weight is 527 g/mol. The quantitative estimate of drug-likeness (QED) is 0.338. The lowest BCUT2D eigenvalue weighted by Gasteiger charge is -2.20. The van der Waals surface area contributed by atoms with E-state index in [0.717, 1.165) is 18.7 Å². The van der Waals surface area contributed by atoms with Crippen molar-refractivity contribution in [1.82, 2.24) is 15.5 Å². The molecule has 0 radical (unpaired) electrons. The zero-order valence-corrected chi connectivity index (χ0v) is 20.9. The Kier molecular flexibility index (Phi) is 7.92. The number of hydrogen-bond donors (Lipinski definition) is 4. The predicted molar refractivity (Wildman–Crippen MR) is 141 cm³/mol. The summed E-state index contributed by atoms with van der Waals surface area (Å²) in [5.41, 5.74) is 2.09. The fourth-order valence-electron chi connectivity index (χ4n) is 3.94. The van der Waals surface area contributed by atoms with Crippen LogP contribution in [-0.4, -0.2) is 47.1 Å². The van der Waals surface area contributed by atoms with Gasteiger partial charge in [-0.2, -0.15) is 5.10 Å². The first-order valence-electron chi connectivity index (χ1n) is 11.2. The van der Waals surface area contributed by atoms with Gasteiger partial charge < -0.3 is 20.9 Å². The van der Waals surface area contributed by atoms with Gasteiger partial charge in [0.15, 0.2) is 0 Å². The summed E-state index contributed by atoms with van der Waals surface area (Å²) in [5, 5.41) is 15.4. The van der Waals surface area contributed by atoms with Crippen molar-refractivity contribution in [3.05, 3.63) is 82.1 Å². The second kappa shape index (κ2) is 11.3. The number of aromatic nitrogens is 2. The van der Waals surface area contributed by atoms with E-state index in [4.69, 9.17) is 23.2 Å². The number of carbonyl (C=O) groups is 3. The molecule has 2 aromatic carbocycles. The van der Waals surface area contributed by atoms with E-state index in [1.165, 1.54) is 12.3 Å². The van der Waals surface area contributed by atoms with E-state index in [-0.39, 0.29) is 38.9 Å². The summed E-state index contributed by atoms with van der Waals surface area (Å²) in [6.45, 7) is 3.10. The highest BCUT2D eigenvalue weighted by atomic mass is 35.5. The van der Waals surface area contributed by atoms with Gasteiger partial charge in [0.1, 0.15) is 5.69 Å². The SMILES string of the molecule is C/C=C/C(=O)Nc1cccc(N2CC[C@@H](NC(=O)c3[nH]ncc3NC(=O)c3c(Cl)cccc3Cl)C2)c1. The number of rotatable bonds is 7. The van der Waals surface area contributed by atoms with Crippen molar-refractivity contribution >= 4 is 58.0 Å². The normalized spacial score (nSPS) is 15.2. The van der Waals surface area contributed by atoms with Crippen molar-refractivity contribution in [2.24, 2.45) is 0 Å². The number of benzene rings is 2. The number of anilines is 3. The topological polar surface area (TPSA) is 119 Å². The zero-order chi connectivity index (χ0) is 25.7. The number of H-pyrrole nitrogens is 1. The molecule has 4 N–H and O–H groups in total. The molecule has 0 saturated carbocycles. The molecule has 0 unspecified atom stereocenters. The molecule has 36 heavy (non-hydrogen) atoms. The Bertz CT molecular complexity index is 1300. The van der Waals surface area contributed by atoms with Gasteiger partial charge in [0.05, 0.1) is 27.5 Å². The molecule has 1 saturated heterocycles. The van der Waals surface area contributed by atoms with Gasteiger partial charge in [-0.05, 0) is 49.8 Å². The molecule has 9 nitrogen and oxygen atoms in total. The van der Waals surface area contributed by atoms with Crippen molar-refractivity contribution in [3.63, 3.8) is 0 Å². The minimum absolute atomic E-state index is 0.115. The molecular weight excluding hydrogens is 503 g/mol. The highest BCUT2D eigenvalue weighted by Gasteiger charge is 2.27. The number of nitrogens with one attached hydrogen (secondary N) is 4. The zero-order valence-electron chi connectivity index (χ0n) is 19.3. The largest absolute Gasteiger partial charge is 0.369 e. The van der Waals surface area contributed by atoms with E-state index in [1.54, 1.807) is 31.2 Å². The van der Waals surface area contributed by atoms with Crippen LogP contribution in [0.25, 0.3) is 0 Å². The van der Waals surface area contributed by atoms with Crippen LogP contribution in [0.15, 0.2) is 60.8 Å². The second-order valence-corrected chi connectivity index (χ2v) is 8.97. The van der Waals surface area contributed by atoms with Gasteiger partial charge in [-0.25, -0.2) is 0 Å². The molecular formula is C25H24Cl2N6O3. The Morgan fingerprint density at radius 3 is 2.58 bits per heavy atom. The first kappa shape index (κ1) is 25.3. The van der Waals surface area contributed by atoms with Gasteiger partial charge >= 0.3 is 0 Å². The fraction of sp³-hybridized carbons (Fsp3) is 0.200. The smallest absolute Gasteiger partial charge is 0.271 e. The van der Waals surface area contributed by atoms with E-state index in [9.17, 15) is 14.4 Å². The third-order valence-electron chi connectivity index (χ3n) is 5.62. The van der Waals surface area contributed by atoms with Crippen LogP contribution in [-0.2, 0) is 4.79 Å². The number of carbonyl (C=O) groups excluding carboxylic acids is 3. The van der Waals surface area contributed by atoms with Crippen LogP contribution in [0.4, 0.5) is 17.1 Å². The van der Waals surface area contributed by atoms with Crippen molar-refractivity contribution < 1.29 is 14.4 Å². The molecule has 0 spiro atoms. The summed E-state index contributed by atoms with van der Waals surface area (Å²) in [5.74, 6) is -1.14. The molecule has 186 valence electrons. The number of nitrogens with zero attached hydrogens (tertiary/aromatic N) is 2. The fourth-order valence-corrected chi connectivity index (χ4v) is 4.51. The monoisotopic (exact) mass is 526 g/mol. The van der Waals surface area contributed by atoms with E-state index in [2.05, 4.69) is 31.0 Å². The average Bonchev–Trinajstić information content (AvgIpc) is 3.49. The third kappa shape index (κ3) is 5.87. The number of allylic oxidation sites excluding steroid dienone is 1. The highest BCUT2D eigenvalue weighted by molar-refractivity contribution is 6.40. The highest BCUT2D eigenvalue weighted by Crippen LogP contribution is 2.26. The number of aromatic amines is 1. The summed E-state index contributed by atoms with van der Waals surface area (Å²) in [6.07, 6.45) is 5.22. The summed E-state index contributed by atoms with van der Waals surface area (Å²) in [6, 6.07) is 12.2. The number of halogens is 2. The van der Waals surface area contributed by atoms with E-state index < -0.39 is 11.8 Å². The van der Waals surface area contributed by atoms with Crippen molar-refractivity contribution in [2.75, 3.05) is 28.6 Å². The maximum atomic E-state index is 13.0. The minimum atomic E-state index is -0.547. The van der Waals surface area contributed by atoms with E-state index in [0.29, 0.717) is 12.2 Å². The Hall–Kier alpha value is -3.82. The molecule has 3 amide bonds.